The molecular weight excluding hydrogens is 178 g/mol. The van der Waals surface area contributed by atoms with E-state index in [9.17, 15) is 0 Å². The molecular formula is C10H23N3O. The first-order chi connectivity index (χ1) is 6.54. The average Bonchev–Trinajstić information content (AvgIpc) is 2.10. The van der Waals surface area contributed by atoms with E-state index in [-0.39, 0.29) is 5.66 Å². The van der Waals surface area contributed by atoms with Gasteiger partial charge in [0.25, 0.3) is 0 Å². The number of nitrogens with two attached hydrogens (primary N) is 1. The monoisotopic (exact) mass is 201 g/mol. The van der Waals surface area contributed by atoms with Crippen LogP contribution in [-0.4, -0.2) is 62.9 Å². The maximum atomic E-state index is 6.27. The summed E-state index contributed by atoms with van der Waals surface area (Å²) in [6.45, 7) is 3.51. The predicted molar refractivity (Wildman–Crippen MR) is 58.2 cm³/mol. The summed E-state index contributed by atoms with van der Waals surface area (Å²) in [6.07, 6.45) is 2.12. The molecule has 0 aromatic carbocycles. The van der Waals surface area contributed by atoms with Crippen LogP contribution in [0.15, 0.2) is 0 Å². The largest absolute Gasteiger partial charge is 0.377 e. The van der Waals surface area contributed by atoms with Gasteiger partial charge in [0.15, 0.2) is 0 Å². The maximum Gasteiger partial charge on any atom is 0.0926 e. The Labute approximate surface area is 87.0 Å². The van der Waals surface area contributed by atoms with Gasteiger partial charge in [-0.05, 0) is 40.5 Å². The van der Waals surface area contributed by atoms with Crippen molar-refractivity contribution in [2.75, 3.05) is 47.4 Å². The summed E-state index contributed by atoms with van der Waals surface area (Å²) >= 11 is 0. The molecule has 0 aromatic rings. The Balaban J connectivity index is 2.32. The molecule has 0 saturated carbocycles. The fourth-order valence-electron chi connectivity index (χ4n) is 1.75. The third-order valence-corrected chi connectivity index (χ3v) is 2.90. The molecule has 4 nitrogen and oxygen atoms in total. The molecule has 0 spiro atoms. The lowest BCUT2D eigenvalue weighted by atomic mass is 10.0. The SMILES string of the molecule is CN(C)CCCC1(N)COCCN1C. The first-order valence-electron chi connectivity index (χ1n) is 5.27. The number of likely N-dealkylation sites (N-methyl/N-ethyl adjacent to an activating group) is 1. The van der Waals surface area contributed by atoms with E-state index in [0.29, 0.717) is 6.61 Å². The van der Waals surface area contributed by atoms with Crippen LogP contribution in [0, 0.1) is 0 Å². The van der Waals surface area contributed by atoms with Gasteiger partial charge in [-0.3, -0.25) is 4.90 Å². The molecule has 0 amide bonds. The van der Waals surface area contributed by atoms with Crippen molar-refractivity contribution in [3.8, 4) is 0 Å². The zero-order chi connectivity index (χ0) is 10.6. The predicted octanol–water partition coefficient (Wildman–Crippen LogP) is -0.0548. The Bertz CT molecular complexity index is 175. The van der Waals surface area contributed by atoms with E-state index in [4.69, 9.17) is 10.5 Å². The highest BCUT2D eigenvalue weighted by Gasteiger charge is 2.32. The number of morpholine rings is 1. The molecule has 1 aliphatic rings. The summed E-state index contributed by atoms with van der Waals surface area (Å²) < 4.78 is 5.43. The smallest absolute Gasteiger partial charge is 0.0926 e. The van der Waals surface area contributed by atoms with E-state index in [0.717, 1.165) is 32.5 Å². The molecule has 0 aromatic heterocycles. The topological polar surface area (TPSA) is 41.7 Å². The van der Waals surface area contributed by atoms with Crippen molar-refractivity contribution < 1.29 is 4.74 Å². The molecule has 1 rings (SSSR count). The first-order valence-corrected chi connectivity index (χ1v) is 5.27. The van der Waals surface area contributed by atoms with Gasteiger partial charge < -0.3 is 15.4 Å². The molecule has 0 bridgehead atoms. The van der Waals surface area contributed by atoms with Crippen molar-refractivity contribution in [3.63, 3.8) is 0 Å². The average molecular weight is 201 g/mol. The molecule has 1 fully saturated rings. The minimum atomic E-state index is -0.242. The molecule has 1 saturated heterocycles. The maximum absolute atomic E-state index is 6.27. The van der Waals surface area contributed by atoms with Gasteiger partial charge in [-0.25, -0.2) is 0 Å². The molecule has 4 heteroatoms. The van der Waals surface area contributed by atoms with Crippen molar-refractivity contribution in [3.05, 3.63) is 0 Å². The van der Waals surface area contributed by atoms with E-state index in [1.165, 1.54) is 0 Å². The molecule has 0 aliphatic carbocycles. The van der Waals surface area contributed by atoms with Crippen molar-refractivity contribution in [2.45, 2.75) is 18.5 Å². The third-order valence-electron chi connectivity index (χ3n) is 2.90. The highest BCUT2D eigenvalue weighted by molar-refractivity contribution is 4.85. The number of nitrogens with zero attached hydrogens (tertiary/aromatic N) is 2. The van der Waals surface area contributed by atoms with Crippen LogP contribution in [0.2, 0.25) is 0 Å². The minimum absolute atomic E-state index is 0.242. The fourth-order valence-corrected chi connectivity index (χ4v) is 1.75. The van der Waals surface area contributed by atoms with Crippen molar-refractivity contribution >= 4 is 0 Å². The third kappa shape index (κ3) is 3.20. The van der Waals surface area contributed by atoms with Gasteiger partial charge in [-0.1, -0.05) is 0 Å². The van der Waals surface area contributed by atoms with Crippen molar-refractivity contribution in [2.24, 2.45) is 5.73 Å². The summed E-state index contributed by atoms with van der Waals surface area (Å²) in [7, 11) is 6.26. The molecule has 1 unspecified atom stereocenters. The van der Waals surface area contributed by atoms with Gasteiger partial charge in [0, 0.05) is 6.54 Å². The van der Waals surface area contributed by atoms with Crippen molar-refractivity contribution in [1.29, 1.82) is 0 Å². The Morgan fingerprint density at radius 3 is 2.79 bits per heavy atom. The molecule has 0 radical (unpaired) electrons. The molecule has 84 valence electrons. The molecule has 1 heterocycles. The second-order valence-corrected chi connectivity index (χ2v) is 4.48. The standard InChI is InChI=1S/C10H23N3O/c1-12(2)6-4-5-10(11)9-14-8-7-13(10)3/h4-9,11H2,1-3H3. The molecule has 1 aliphatic heterocycles. The summed E-state index contributed by atoms with van der Waals surface area (Å²) in [5.41, 5.74) is 6.03. The van der Waals surface area contributed by atoms with Gasteiger partial charge in [-0.15, -0.1) is 0 Å². The number of rotatable bonds is 4. The van der Waals surface area contributed by atoms with Crippen LogP contribution < -0.4 is 5.73 Å². The summed E-state index contributed by atoms with van der Waals surface area (Å²) in [6, 6.07) is 0. The minimum Gasteiger partial charge on any atom is -0.377 e. The van der Waals surface area contributed by atoms with Gasteiger partial charge in [0.1, 0.15) is 0 Å². The number of hydrogen-bond donors (Lipinski definition) is 1. The van der Waals surface area contributed by atoms with Crippen LogP contribution in [0.1, 0.15) is 12.8 Å². The van der Waals surface area contributed by atoms with Gasteiger partial charge in [0.05, 0.1) is 18.9 Å². The second kappa shape index (κ2) is 5.07. The summed E-state index contributed by atoms with van der Waals surface area (Å²) in [4.78, 5) is 4.40. The second-order valence-electron chi connectivity index (χ2n) is 4.48. The summed E-state index contributed by atoms with van der Waals surface area (Å²) in [5, 5.41) is 0. The van der Waals surface area contributed by atoms with E-state index < -0.39 is 0 Å². The Morgan fingerprint density at radius 1 is 1.50 bits per heavy atom. The van der Waals surface area contributed by atoms with Crippen LogP contribution in [0.25, 0.3) is 0 Å². The van der Waals surface area contributed by atoms with E-state index in [2.05, 4.69) is 30.9 Å². The zero-order valence-electron chi connectivity index (χ0n) is 9.62. The first kappa shape index (κ1) is 11.9. The summed E-state index contributed by atoms with van der Waals surface area (Å²) in [5.74, 6) is 0. The van der Waals surface area contributed by atoms with Crippen LogP contribution >= 0.6 is 0 Å². The Morgan fingerprint density at radius 2 is 2.21 bits per heavy atom. The highest BCUT2D eigenvalue weighted by atomic mass is 16.5. The lowest BCUT2D eigenvalue weighted by molar-refractivity contribution is -0.0583. The van der Waals surface area contributed by atoms with Crippen LogP contribution in [0.4, 0.5) is 0 Å². The lowest BCUT2D eigenvalue weighted by Crippen LogP contribution is -2.61. The van der Waals surface area contributed by atoms with E-state index >= 15 is 0 Å². The lowest BCUT2D eigenvalue weighted by Gasteiger charge is -2.42. The van der Waals surface area contributed by atoms with E-state index in [1.807, 2.05) is 0 Å². The Kier molecular flexibility index (Phi) is 4.31. The molecule has 1 atom stereocenters. The van der Waals surface area contributed by atoms with Gasteiger partial charge >= 0.3 is 0 Å². The normalized spacial score (nSPS) is 29.8. The van der Waals surface area contributed by atoms with Gasteiger partial charge in [0.2, 0.25) is 0 Å². The quantitative estimate of drug-likeness (QED) is 0.692. The molecule has 2 N–H and O–H groups in total. The van der Waals surface area contributed by atoms with Crippen LogP contribution in [0.3, 0.4) is 0 Å². The van der Waals surface area contributed by atoms with Crippen LogP contribution in [-0.2, 0) is 4.74 Å². The highest BCUT2D eigenvalue weighted by Crippen LogP contribution is 2.18. The van der Waals surface area contributed by atoms with Crippen molar-refractivity contribution in [1.82, 2.24) is 9.80 Å². The Hall–Kier alpha value is -0.160. The number of hydrogen-bond acceptors (Lipinski definition) is 4. The van der Waals surface area contributed by atoms with Gasteiger partial charge in [-0.2, -0.15) is 0 Å². The van der Waals surface area contributed by atoms with E-state index in [1.54, 1.807) is 0 Å². The zero-order valence-corrected chi connectivity index (χ0v) is 9.62. The number of ether oxygens (including phenoxy) is 1. The molecule has 14 heavy (non-hydrogen) atoms. The van der Waals surface area contributed by atoms with Crippen LogP contribution in [0.5, 0.6) is 0 Å². The fraction of sp³-hybridized carbons (Fsp3) is 1.00.